The summed E-state index contributed by atoms with van der Waals surface area (Å²) in [5.41, 5.74) is 1.11. The second kappa shape index (κ2) is 11.1. The van der Waals surface area contributed by atoms with Crippen molar-refractivity contribution in [2.24, 2.45) is 0 Å². The second-order valence-electron chi connectivity index (χ2n) is 8.79. The van der Waals surface area contributed by atoms with Crippen molar-refractivity contribution < 1.29 is 23.8 Å². The van der Waals surface area contributed by atoms with Crippen LogP contribution in [0.4, 0.5) is 4.39 Å². The number of benzene rings is 2. The second-order valence-corrected chi connectivity index (χ2v) is 8.79. The molecule has 0 unspecified atom stereocenters. The summed E-state index contributed by atoms with van der Waals surface area (Å²) in [5, 5.41) is 14.3. The zero-order chi connectivity index (χ0) is 23.2. The van der Waals surface area contributed by atoms with E-state index in [1.165, 1.54) is 12.1 Å². The minimum absolute atomic E-state index is 0.0846. The molecule has 1 saturated heterocycles. The fraction of sp³-hybridized carbons (Fsp3) is 0.480. The van der Waals surface area contributed by atoms with Gasteiger partial charge in [0, 0.05) is 32.1 Å². The van der Waals surface area contributed by atoms with E-state index in [4.69, 9.17) is 9.47 Å². The van der Waals surface area contributed by atoms with Crippen LogP contribution < -0.4 is 10.1 Å². The molecule has 2 aliphatic rings. The van der Waals surface area contributed by atoms with Crippen molar-refractivity contribution in [2.75, 3.05) is 39.9 Å². The van der Waals surface area contributed by atoms with Gasteiger partial charge in [0.1, 0.15) is 23.8 Å². The average Bonchev–Trinajstić information content (AvgIpc) is 3.09. The first-order chi connectivity index (χ1) is 16.0. The van der Waals surface area contributed by atoms with Crippen molar-refractivity contribution in [1.29, 1.82) is 0 Å². The van der Waals surface area contributed by atoms with Crippen molar-refractivity contribution in [2.45, 2.75) is 37.3 Å². The van der Waals surface area contributed by atoms with Gasteiger partial charge in [-0.1, -0.05) is 36.4 Å². The van der Waals surface area contributed by atoms with Crippen LogP contribution in [0.3, 0.4) is 0 Å². The third-order valence-corrected chi connectivity index (χ3v) is 6.31. The van der Waals surface area contributed by atoms with E-state index in [0.717, 1.165) is 18.7 Å². The number of nitrogens with zero attached hydrogens (tertiary/aromatic N) is 2. The van der Waals surface area contributed by atoms with E-state index in [0.29, 0.717) is 38.5 Å². The normalized spacial score (nSPS) is 25.8. The van der Waals surface area contributed by atoms with Gasteiger partial charge in [-0.3, -0.25) is 14.6 Å². The van der Waals surface area contributed by atoms with Crippen molar-refractivity contribution in [3.05, 3.63) is 66.0 Å². The van der Waals surface area contributed by atoms with Crippen LogP contribution in [0.25, 0.3) is 0 Å². The number of aliphatic hydroxyl groups is 1. The van der Waals surface area contributed by atoms with E-state index in [9.17, 15) is 14.3 Å². The van der Waals surface area contributed by atoms with Gasteiger partial charge in [0.15, 0.2) is 0 Å². The molecule has 178 valence electrons. The summed E-state index contributed by atoms with van der Waals surface area (Å²) >= 11 is 0. The molecule has 0 spiro atoms. The first kappa shape index (κ1) is 23.6. The van der Waals surface area contributed by atoms with E-state index in [-0.39, 0.29) is 18.0 Å². The predicted molar refractivity (Wildman–Crippen MR) is 122 cm³/mol. The van der Waals surface area contributed by atoms with Crippen LogP contribution in [-0.2, 0) is 16.1 Å². The van der Waals surface area contributed by atoms with Gasteiger partial charge in [-0.15, -0.1) is 0 Å². The quantitative estimate of drug-likeness (QED) is 0.628. The first-order valence-corrected chi connectivity index (χ1v) is 11.4. The summed E-state index contributed by atoms with van der Waals surface area (Å²) in [6, 6.07) is 15.2. The Morgan fingerprint density at radius 3 is 2.70 bits per heavy atom. The van der Waals surface area contributed by atoms with Crippen LogP contribution >= 0.6 is 0 Å². The Morgan fingerprint density at radius 1 is 1.21 bits per heavy atom. The maximum absolute atomic E-state index is 13.6. The van der Waals surface area contributed by atoms with E-state index < -0.39 is 18.0 Å². The Labute approximate surface area is 194 Å². The van der Waals surface area contributed by atoms with Crippen molar-refractivity contribution in [1.82, 2.24) is 15.1 Å². The number of nitrogens with one attached hydrogen (secondary N) is 1. The molecule has 4 atom stereocenters. The highest BCUT2D eigenvalue weighted by molar-refractivity contribution is 5.78. The Balaban J connectivity index is 1.46. The third-order valence-electron chi connectivity index (χ3n) is 6.31. The number of likely N-dealkylation sites (N-methyl/N-ethyl adjacent to an activating group) is 1. The lowest BCUT2D eigenvalue weighted by Gasteiger charge is -2.33. The number of morpholine rings is 1. The van der Waals surface area contributed by atoms with Crippen LogP contribution in [0.2, 0.25) is 0 Å². The molecule has 2 aromatic carbocycles. The topological polar surface area (TPSA) is 74.3 Å². The fourth-order valence-electron chi connectivity index (χ4n) is 4.72. The van der Waals surface area contributed by atoms with E-state index in [1.807, 2.05) is 37.4 Å². The first-order valence-electron chi connectivity index (χ1n) is 11.4. The summed E-state index contributed by atoms with van der Waals surface area (Å²) in [6.45, 7) is 3.61. The lowest BCUT2D eigenvalue weighted by atomic mass is 10.1. The van der Waals surface area contributed by atoms with Crippen LogP contribution in [0, 0.1) is 5.82 Å². The molecule has 0 bridgehead atoms. The zero-order valence-electron chi connectivity index (χ0n) is 18.9. The number of halogens is 1. The molecule has 0 radical (unpaired) electrons. The van der Waals surface area contributed by atoms with Gasteiger partial charge < -0.3 is 19.9 Å². The Morgan fingerprint density at radius 2 is 1.97 bits per heavy atom. The Bertz CT molecular complexity index is 910. The molecule has 1 aliphatic heterocycles. The number of amides is 1. The lowest BCUT2D eigenvalue weighted by Crippen LogP contribution is -2.53. The monoisotopic (exact) mass is 457 g/mol. The standard InChI is InChI=1S/C25H32FN3O4/c1-28(16-18-6-3-2-4-7-18)24-21(27-23(30)17-29-10-12-32-13-11-29)15-22(25(24)31)33-20-9-5-8-19(26)14-20/h2-9,14,21-22,24-25,31H,10-13,15-17H2,1H3,(H,27,30)/t21-,22-,24+,25+/m1/s1. The van der Waals surface area contributed by atoms with Crippen molar-refractivity contribution in [3.8, 4) is 5.75 Å². The highest BCUT2D eigenvalue weighted by atomic mass is 19.1. The highest BCUT2D eigenvalue weighted by Crippen LogP contribution is 2.30. The zero-order valence-corrected chi connectivity index (χ0v) is 18.9. The maximum Gasteiger partial charge on any atom is 0.234 e. The van der Waals surface area contributed by atoms with Crippen molar-refractivity contribution >= 4 is 5.91 Å². The number of aliphatic hydroxyl groups excluding tert-OH is 1. The van der Waals surface area contributed by atoms with Gasteiger partial charge in [0.25, 0.3) is 0 Å². The minimum atomic E-state index is -0.851. The molecule has 2 aromatic rings. The molecule has 7 nitrogen and oxygen atoms in total. The molecular formula is C25H32FN3O4. The molecular weight excluding hydrogens is 425 g/mol. The van der Waals surface area contributed by atoms with Crippen molar-refractivity contribution in [3.63, 3.8) is 0 Å². The van der Waals surface area contributed by atoms with Crippen LogP contribution in [0.15, 0.2) is 54.6 Å². The molecule has 1 heterocycles. The minimum Gasteiger partial charge on any atom is -0.487 e. The van der Waals surface area contributed by atoms with Gasteiger partial charge in [-0.05, 0) is 24.7 Å². The molecule has 4 rings (SSSR count). The maximum atomic E-state index is 13.6. The summed E-state index contributed by atoms with van der Waals surface area (Å²) in [5.74, 6) is -0.115. The molecule has 2 fully saturated rings. The number of ether oxygens (including phenoxy) is 2. The fourth-order valence-corrected chi connectivity index (χ4v) is 4.72. The molecule has 2 N–H and O–H groups in total. The third kappa shape index (κ3) is 6.29. The number of carbonyl (C=O) groups excluding carboxylic acids is 1. The number of rotatable bonds is 8. The summed E-state index contributed by atoms with van der Waals surface area (Å²) in [6.07, 6.45) is -0.990. The van der Waals surface area contributed by atoms with Gasteiger partial charge >= 0.3 is 0 Å². The van der Waals surface area contributed by atoms with Gasteiger partial charge in [0.2, 0.25) is 5.91 Å². The Hall–Kier alpha value is -2.52. The lowest BCUT2D eigenvalue weighted by molar-refractivity contribution is -0.124. The highest BCUT2D eigenvalue weighted by Gasteiger charge is 2.46. The number of carbonyl (C=O) groups is 1. The smallest absolute Gasteiger partial charge is 0.234 e. The van der Waals surface area contributed by atoms with Gasteiger partial charge in [-0.2, -0.15) is 0 Å². The SMILES string of the molecule is CN(Cc1ccccc1)[C@@H]1[C@@H](O)[C@H](Oc2cccc(F)c2)C[C@H]1NC(=O)CN1CCOCC1. The van der Waals surface area contributed by atoms with Gasteiger partial charge in [-0.25, -0.2) is 4.39 Å². The van der Waals surface area contributed by atoms with Crippen LogP contribution in [0.5, 0.6) is 5.75 Å². The summed E-state index contributed by atoms with van der Waals surface area (Å²) in [4.78, 5) is 16.9. The molecule has 1 aliphatic carbocycles. The van der Waals surface area contributed by atoms with E-state index >= 15 is 0 Å². The number of hydrogen-bond acceptors (Lipinski definition) is 6. The predicted octanol–water partition coefficient (Wildman–Crippen LogP) is 1.66. The van der Waals surface area contributed by atoms with Gasteiger partial charge in [0.05, 0.1) is 31.8 Å². The summed E-state index contributed by atoms with van der Waals surface area (Å²) in [7, 11) is 1.94. The molecule has 8 heteroatoms. The van der Waals surface area contributed by atoms with Crippen LogP contribution in [0.1, 0.15) is 12.0 Å². The molecule has 1 amide bonds. The van der Waals surface area contributed by atoms with E-state index in [1.54, 1.807) is 12.1 Å². The average molecular weight is 458 g/mol. The molecule has 0 aromatic heterocycles. The Kier molecular flexibility index (Phi) is 7.93. The number of hydrogen-bond donors (Lipinski definition) is 2. The largest absolute Gasteiger partial charge is 0.487 e. The van der Waals surface area contributed by atoms with E-state index in [2.05, 4.69) is 15.1 Å². The molecule has 1 saturated carbocycles. The van der Waals surface area contributed by atoms with Crippen LogP contribution in [-0.4, -0.2) is 85.0 Å². The summed E-state index contributed by atoms with van der Waals surface area (Å²) < 4.78 is 25.0. The molecule has 33 heavy (non-hydrogen) atoms.